The smallest absolute Gasteiger partial charge is 0.326 e. The van der Waals surface area contributed by atoms with E-state index < -0.39 is 72.7 Å². The van der Waals surface area contributed by atoms with Gasteiger partial charge in [-0.3, -0.25) is 19.2 Å². The number of primary amides is 1. The average molecular weight is 389 g/mol. The van der Waals surface area contributed by atoms with Crippen LogP contribution in [0.1, 0.15) is 27.2 Å². The van der Waals surface area contributed by atoms with Gasteiger partial charge in [0.15, 0.2) is 0 Å². The molecular formula is C15H27N5O7. The van der Waals surface area contributed by atoms with Gasteiger partial charge >= 0.3 is 5.97 Å². The Balaban J connectivity index is 4.92. The first-order valence-corrected chi connectivity index (χ1v) is 8.19. The van der Waals surface area contributed by atoms with E-state index in [4.69, 9.17) is 16.6 Å². The zero-order chi connectivity index (χ0) is 21.3. The molecule has 0 aromatic rings. The molecule has 0 radical (unpaired) electrons. The zero-order valence-corrected chi connectivity index (χ0v) is 15.4. The Hall–Kier alpha value is -2.73. The van der Waals surface area contributed by atoms with Crippen LogP contribution in [0.15, 0.2) is 0 Å². The van der Waals surface area contributed by atoms with Crippen LogP contribution in [0.2, 0.25) is 0 Å². The molecule has 4 amide bonds. The van der Waals surface area contributed by atoms with Gasteiger partial charge in [-0.1, -0.05) is 13.8 Å². The fourth-order valence-electron chi connectivity index (χ4n) is 1.93. The van der Waals surface area contributed by atoms with Crippen molar-refractivity contribution in [1.82, 2.24) is 16.0 Å². The van der Waals surface area contributed by atoms with Gasteiger partial charge in [0, 0.05) is 0 Å². The topological polar surface area (TPSA) is 214 Å². The van der Waals surface area contributed by atoms with Crippen LogP contribution in [0.3, 0.4) is 0 Å². The summed E-state index contributed by atoms with van der Waals surface area (Å²) in [7, 11) is 0. The van der Waals surface area contributed by atoms with Gasteiger partial charge in [0.25, 0.3) is 0 Å². The van der Waals surface area contributed by atoms with Crippen molar-refractivity contribution in [3.8, 4) is 0 Å². The Morgan fingerprint density at radius 3 is 1.96 bits per heavy atom. The van der Waals surface area contributed by atoms with E-state index in [2.05, 4.69) is 16.0 Å². The standard InChI is InChI=1S/C15H27N5O7/c1-6(2)12(15(26)27)20-13(24)8(4-9(16)22)19-10(23)5-18-14(25)11(17)7(3)21/h6-8,11-12,21H,4-5,17H2,1-3H3,(H2,16,22)(H,18,25)(H,19,23)(H,20,24)(H,26,27). The highest BCUT2D eigenvalue weighted by Crippen LogP contribution is 2.03. The molecule has 0 saturated heterocycles. The first kappa shape index (κ1) is 24.3. The highest BCUT2D eigenvalue weighted by Gasteiger charge is 2.29. The summed E-state index contributed by atoms with van der Waals surface area (Å²) in [4.78, 5) is 58.0. The second-order valence-electron chi connectivity index (χ2n) is 6.34. The SMILES string of the molecule is CC(C)C(NC(=O)C(CC(N)=O)NC(=O)CNC(=O)C(N)C(C)O)C(=O)O. The second kappa shape index (κ2) is 11.1. The van der Waals surface area contributed by atoms with Gasteiger partial charge in [0.1, 0.15) is 18.1 Å². The predicted octanol–water partition coefficient (Wildman–Crippen LogP) is -3.60. The van der Waals surface area contributed by atoms with Crippen LogP contribution in [-0.2, 0) is 24.0 Å². The van der Waals surface area contributed by atoms with E-state index in [1.807, 2.05) is 0 Å². The molecule has 12 heteroatoms. The number of hydrogen-bond acceptors (Lipinski definition) is 7. The number of aliphatic hydroxyl groups is 1. The van der Waals surface area contributed by atoms with Crippen LogP contribution in [-0.4, -0.2) is 70.6 Å². The summed E-state index contributed by atoms with van der Waals surface area (Å²) in [6, 6.07) is -3.89. The third-order valence-corrected chi connectivity index (χ3v) is 3.53. The number of hydrogen-bond donors (Lipinski definition) is 7. The Bertz CT molecular complexity index is 579. The Labute approximate surface area is 156 Å². The molecule has 9 N–H and O–H groups in total. The van der Waals surface area contributed by atoms with E-state index in [-0.39, 0.29) is 0 Å². The molecule has 0 aliphatic rings. The number of nitrogens with two attached hydrogens (primary N) is 2. The number of carbonyl (C=O) groups is 5. The van der Waals surface area contributed by atoms with Gasteiger partial charge in [-0.25, -0.2) is 4.79 Å². The van der Waals surface area contributed by atoms with E-state index in [1.165, 1.54) is 6.92 Å². The quantitative estimate of drug-likeness (QED) is 0.187. The molecule has 0 rings (SSSR count). The lowest BCUT2D eigenvalue weighted by atomic mass is 10.0. The van der Waals surface area contributed by atoms with Crippen LogP contribution in [0.5, 0.6) is 0 Å². The first-order chi connectivity index (χ1) is 12.4. The predicted molar refractivity (Wildman–Crippen MR) is 92.8 cm³/mol. The van der Waals surface area contributed by atoms with E-state index in [9.17, 15) is 29.1 Å². The number of aliphatic carboxylic acids is 1. The monoisotopic (exact) mass is 389 g/mol. The fraction of sp³-hybridized carbons (Fsp3) is 0.667. The lowest BCUT2D eigenvalue weighted by Gasteiger charge is -2.22. The maximum absolute atomic E-state index is 12.2. The third-order valence-electron chi connectivity index (χ3n) is 3.53. The number of carbonyl (C=O) groups excluding carboxylic acids is 4. The summed E-state index contributed by atoms with van der Waals surface area (Å²) in [6.45, 7) is 3.86. The summed E-state index contributed by atoms with van der Waals surface area (Å²) < 4.78 is 0. The van der Waals surface area contributed by atoms with E-state index >= 15 is 0 Å². The van der Waals surface area contributed by atoms with Crippen LogP contribution < -0.4 is 27.4 Å². The van der Waals surface area contributed by atoms with Crippen molar-refractivity contribution < 1.29 is 34.2 Å². The summed E-state index contributed by atoms with van der Waals surface area (Å²) >= 11 is 0. The minimum absolute atomic E-state index is 0.447. The molecule has 27 heavy (non-hydrogen) atoms. The fourth-order valence-corrected chi connectivity index (χ4v) is 1.93. The molecule has 0 saturated carbocycles. The van der Waals surface area contributed by atoms with Gasteiger partial charge in [0.2, 0.25) is 23.6 Å². The highest BCUT2D eigenvalue weighted by atomic mass is 16.4. The molecule has 4 unspecified atom stereocenters. The van der Waals surface area contributed by atoms with Gasteiger partial charge < -0.3 is 37.6 Å². The molecule has 12 nitrogen and oxygen atoms in total. The molecule has 154 valence electrons. The largest absolute Gasteiger partial charge is 0.480 e. The van der Waals surface area contributed by atoms with Crippen LogP contribution in [0, 0.1) is 5.92 Å². The minimum atomic E-state index is -1.42. The third kappa shape index (κ3) is 8.96. The lowest BCUT2D eigenvalue weighted by molar-refractivity contribution is -0.143. The van der Waals surface area contributed by atoms with Crippen molar-refractivity contribution in [3.63, 3.8) is 0 Å². The van der Waals surface area contributed by atoms with Gasteiger partial charge in [-0.2, -0.15) is 0 Å². The van der Waals surface area contributed by atoms with Gasteiger partial charge in [-0.15, -0.1) is 0 Å². The van der Waals surface area contributed by atoms with E-state index in [0.29, 0.717) is 0 Å². The van der Waals surface area contributed by atoms with Crippen LogP contribution >= 0.6 is 0 Å². The highest BCUT2D eigenvalue weighted by molar-refractivity contribution is 5.95. The maximum Gasteiger partial charge on any atom is 0.326 e. The summed E-state index contributed by atoms with van der Waals surface area (Å²) in [6.07, 6.45) is -1.70. The van der Waals surface area contributed by atoms with Crippen molar-refractivity contribution in [2.45, 2.75) is 51.4 Å². The maximum atomic E-state index is 12.2. The second-order valence-corrected chi connectivity index (χ2v) is 6.34. The number of carboxylic acid groups (broad SMARTS) is 1. The Kier molecular flexibility index (Phi) is 9.96. The molecule has 0 bridgehead atoms. The summed E-state index contributed by atoms with van der Waals surface area (Å²) in [5.41, 5.74) is 10.5. The van der Waals surface area contributed by atoms with Crippen molar-refractivity contribution in [2.24, 2.45) is 17.4 Å². The van der Waals surface area contributed by atoms with Crippen LogP contribution in [0.4, 0.5) is 0 Å². The van der Waals surface area contributed by atoms with Crippen LogP contribution in [0.25, 0.3) is 0 Å². The average Bonchev–Trinajstić information content (AvgIpc) is 2.54. The summed E-state index contributed by atoms with van der Waals surface area (Å²) in [5.74, 6) is -5.15. The molecule has 0 aromatic carbocycles. The molecule has 0 aliphatic carbocycles. The number of nitrogens with one attached hydrogen (secondary N) is 3. The molecule has 4 atom stereocenters. The van der Waals surface area contributed by atoms with E-state index in [1.54, 1.807) is 13.8 Å². The zero-order valence-electron chi connectivity index (χ0n) is 15.4. The van der Waals surface area contributed by atoms with Gasteiger partial charge in [-0.05, 0) is 12.8 Å². The number of aliphatic hydroxyl groups excluding tert-OH is 1. The van der Waals surface area contributed by atoms with Crippen molar-refractivity contribution in [3.05, 3.63) is 0 Å². The first-order valence-electron chi connectivity index (χ1n) is 8.19. The summed E-state index contributed by atoms with van der Waals surface area (Å²) in [5, 5.41) is 24.9. The minimum Gasteiger partial charge on any atom is -0.480 e. The molecule has 0 aromatic heterocycles. The number of carboxylic acids is 1. The molecular weight excluding hydrogens is 362 g/mol. The molecule has 0 aliphatic heterocycles. The Morgan fingerprint density at radius 2 is 1.56 bits per heavy atom. The van der Waals surface area contributed by atoms with Crippen molar-refractivity contribution in [1.29, 1.82) is 0 Å². The van der Waals surface area contributed by atoms with Crippen molar-refractivity contribution >= 4 is 29.6 Å². The number of rotatable bonds is 11. The van der Waals surface area contributed by atoms with Gasteiger partial charge in [0.05, 0.1) is 19.1 Å². The molecule has 0 spiro atoms. The molecule has 0 heterocycles. The lowest BCUT2D eigenvalue weighted by Crippen LogP contribution is -2.56. The van der Waals surface area contributed by atoms with E-state index in [0.717, 1.165) is 0 Å². The Morgan fingerprint density at radius 1 is 1.00 bits per heavy atom. The number of amides is 4. The normalized spacial score (nSPS) is 15.2. The molecule has 0 fully saturated rings. The van der Waals surface area contributed by atoms with Crippen molar-refractivity contribution in [2.75, 3.05) is 6.54 Å².